The normalized spacial score (nSPS) is 11.3. The van der Waals surface area contributed by atoms with Gasteiger partial charge in [-0.15, -0.1) is 5.10 Å². The van der Waals surface area contributed by atoms with Crippen LogP contribution >= 0.6 is 27.5 Å². The molecule has 0 atom stereocenters. The van der Waals surface area contributed by atoms with Gasteiger partial charge in [0.2, 0.25) is 0 Å². The molecule has 1 aromatic heterocycles. The van der Waals surface area contributed by atoms with E-state index >= 15 is 0 Å². The fraction of sp³-hybridized carbons (Fsp3) is 0.750. The third-order valence-corrected chi connectivity index (χ3v) is 3.96. The van der Waals surface area contributed by atoms with Crippen molar-refractivity contribution in [2.24, 2.45) is 0 Å². The molecular weight excluding hydrogens is 314 g/mol. The van der Waals surface area contributed by atoms with E-state index in [1.54, 1.807) is 0 Å². The second kappa shape index (κ2) is 7.19. The number of carbonyl (C=O) groups is 1. The summed E-state index contributed by atoms with van der Waals surface area (Å²) in [4.78, 5) is 15.1. The van der Waals surface area contributed by atoms with Gasteiger partial charge >= 0.3 is 0 Å². The smallest absolute Gasteiger partial charge is 0.267 e. The van der Waals surface area contributed by atoms with Crippen molar-refractivity contribution in [2.45, 2.75) is 46.1 Å². The van der Waals surface area contributed by atoms with Crippen LogP contribution in [-0.2, 0) is 0 Å². The Labute approximate surface area is 121 Å². The molecule has 0 N–H and O–H groups in total. The van der Waals surface area contributed by atoms with Crippen molar-refractivity contribution >= 4 is 33.4 Å². The zero-order chi connectivity index (χ0) is 13.7. The molecule has 0 aromatic carbocycles. The maximum absolute atomic E-state index is 12.5. The molecular formula is C12H20BrN3OS. The van der Waals surface area contributed by atoms with Gasteiger partial charge in [0.1, 0.15) is 4.88 Å². The molecule has 0 aliphatic heterocycles. The van der Waals surface area contributed by atoms with Crippen LogP contribution < -0.4 is 0 Å². The Bertz CT molecular complexity index is 392. The summed E-state index contributed by atoms with van der Waals surface area (Å²) in [6.45, 7) is 8.90. The van der Waals surface area contributed by atoms with Gasteiger partial charge in [-0.05, 0) is 37.7 Å². The minimum Gasteiger partial charge on any atom is -0.335 e. The van der Waals surface area contributed by atoms with Crippen molar-refractivity contribution in [2.75, 3.05) is 11.9 Å². The molecule has 0 aliphatic carbocycles. The maximum Gasteiger partial charge on any atom is 0.267 e. The molecule has 6 heteroatoms. The number of amides is 1. The maximum atomic E-state index is 12.5. The highest BCUT2D eigenvalue weighted by molar-refractivity contribution is 9.09. The molecule has 1 rings (SSSR count). The van der Waals surface area contributed by atoms with E-state index < -0.39 is 0 Å². The molecule has 0 saturated carbocycles. The van der Waals surface area contributed by atoms with E-state index in [0.717, 1.165) is 24.0 Å². The SMILES string of the molecule is CC(C)c1nnsc1C(=O)N(CCCBr)C(C)C. The highest BCUT2D eigenvalue weighted by Crippen LogP contribution is 2.22. The van der Waals surface area contributed by atoms with Gasteiger partial charge in [-0.25, -0.2) is 0 Å². The quantitative estimate of drug-likeness (QED) is 0.750. The molecule has 1 aromatic rings. The Hall–Kier alpha value is -0.490. The predicted molar refractivity (Wildman–Crippen MR) is 78.6 cm³/mol. The van der Waals surface area contributed by atoms with Crippen LogP contribution in [0, 0.1) is 0 Å². The minimum absolute atomic E-state index is 0.0599. The van der Waals surface area contributed by atoms with Crippen LogP contribution in [0.25, 0.3) is 0 Å². The number of aromatic nitrogens is 2. The predicted octanol–water partition coefficient (Wildman–Crippen LogP) is 3.30. The molecule has 0 fully saturated rings. The van der Waals surface area contributed by atoms with Gasteiger partial charge in [0.05, 0.1) is 5.69 Å². The topological polar surface area (TPSA) is 46.1 Å². The van der Waals surface area contributed by atoms with Gasteiger partial charge in [-0.1, -0.05) is 34.3 Å². The minimum atomic E-state index is 0.0599. The number of hydrogen-bond acceptors (Lipinski definition) is 4. The number of halogens is 1. The van der Waals surface area contributed by atoms with Gasteiger partial charge < -0.3 is 4.90 Å². The molecule has 1 amide bonds. The second-order valence-electron chi connectivity index (χ2n) is 4.78. The zero-order valence-electron chi connectivity index (χ0n) is 11.3. The third-order valence-electron chi connectivity index (χ3n) is 2.67. The van der Waals surface area contributed by atoms with Crippen LogP contribution in [-0.4, -0.2) is 38.3 Å². The van der Waals surface area contributed by atoms with Crippen molar-refractivity contribution in [1.29, 1.82) is 0 Å². The van der Waals surface area contributed by atoms with Crippen LogP contribution in [0.1, 0.15) is 55.4 Å². The molecule has 0 bridgehead atoms. The first-order chi connectivity index (χ1) is 8.49. The Morgan fingerprint density at radius 1 is 1.39 bits per heavy atom. The highest BCUT2D eigenvalue weighted by Gasteiger charge is 2.25. The summed E-state index contributed by atoms with van der Waals surface area (Å²) in [7, 11) is 0. The fourth-order valence-corrected chi connectivity index (χ4v) is 2.71. The number of nitrogens with zero attached hydrogens (tertiary/aromatic N) is 3. The molecule has 4 nitrogen and oxygen atoms in total. The first-order valence-corrected chi connectivity index (χ1v) is 8.07. The molecule has 18 heavy (non-hydrogen) atoms. The van der Waals surface area contributed by atoms with E-state index in [-0.39, 0.29) is 17.9 Å². The van der Waals surface area contributed by atoms with Gasteiger partial charge in [0.15, 0.2) is 0 Å². The van der Waals surface area contributed by atoms with Crippen molar-refractivity contribution in [3.8, 4) is 0 Å². The number of alkyl halides is 1. The molecule has 0 radical (unpaired) electrons. The fourth-order valence-electron chi connectivity index (χ4n) is 1.68. The average molecular weight is 334 g/mol. The van der Waals surface area contributed by atoms with Crippen LogP contribution in [0.15, 0.2) is 0 Å². The van der Waals surface area contributed by atoms with E-state index in [1.807, 2.05) is 32.6 Å². The van der Waals surface area contributed by atoms with Crippen molar-refractivity contribution in [1.82, 2.24) is 14.5 Å². The second-order valence-corrected chi connectivity index (χ2v) is 6.32. The summed E-state index contributed by atoms with van der Waals surface area (Å²) in [6, 6.07) is 0.193. The van der Waals surface area contributed by atoms with Gasteiger partial charge in [-0.3, -0.25) is 4.79 Å². The van der Waals surface area contributed by atoms with E-state index in [1.165, 1.54) is 11.5 Å². The summed E-state index contributed by atoms with van der Waals surface area (Å²) < 4.78 is 3.92. The first kappa shape index (κ1) is 15.6. The van der Waals surface area contributed by atoms with Crippen molar-refractivity contribution in [3.63, 3.8) is 0 Å². The number of hydrogen-bond donors (Lipinski definition) is 0. The van der Waals surface area contributed by atoms with Crippen LogP contribution in [0.2, 0.25) is 0 Å². The lowest BCUT2D eigenvalue weighted by molar-refractivity contribution is 0.0710. The monoisotopic (exact) mass is 333 g/mol. The lowest BCUT2D eigenvalue weighted by Gasteiger charge is -2.26. The summed E-state index contributed by atoms with van der Waals surface area (Å²) in [5.74, 6) is 0.289. The van der Waals surface area contributed by atoms with E-state index in [4.69, 9.17) is 0 Å². The average Bonchev–Trinajstić information content (AvgIpc) is 2.77. The summed E-state index contributed by atoms with van der Waals surface area (Å²) in [5, 5.41) is 4.97. The molecule has 102 valence electrons. The van der Waals surface area contributed by atoms with Gasteiger partial charge in [0.25, 0.3) is 5.91 Å². The van der Waals surface area contributed by atoms with Crippen molar-refractivity contribution < 1.29 is 4.79 Å². The van der Waals surface area contributed by atoms with E-state index in [9.17, 15) is 4.79 Å². The summed E-state index contributed by atoms with van der Waals surface area (Å²) >= 11 is 4.60. The highest BCUT2D eigenvalue weighted by atomic mass is 79.9. The van der Waals surface area contributed by atoms with Crippen LogP contribution in [0.5, 0.6) is 0 Å². The Balaban J connectivity index is 2.91. The largest absolute Gasteiger partial charge is 0.335 e. The number of rotatable bonds is 6. The molecule has 0 saturated heterocycles. The zero-order valence-corrected chi connectivity index (χ0v) is 13.7. The standard InChI is InChI=1S/C12H20BrN3OS/c1-8(2)10-11(18-15-14-10)12(17)16(9(3)4)7-5-6-13/h8-9H,5-7H2,1-4H3. The summed E-state index contributed by atoms with van der Waals surface area (Å²) in [5.41, 5.74) is 0.814. The lowest BCUT2D eigenvalue weighted by Crippen LogP contribution is -2.38. The third kappa shape index (κ3) is 3.75. The summed E-state index contributed by atoms with van der Waals surface area (Å²) in [6.07, 6.45) is 0.952. The van der Waals surface area contributed by atoms with Gasteiger partial charge in [-0.2, -0.15) is 0 Å². The Kier molecular flexibility index (Phi) is 6.21. The molecule has 0 aliphatic rings. The lowest BCUT2D eigenvalue weighted by atomic mass is 10.1. The Morgan fingerprint density at radius 3 is 2.56 bits per heavy atom. The van der Waals surface area contributed by atoms with Gasteiger partial charge in [0, 0.05) is 17.9 Å². The first-order valence-electron chi connectivity index (χ1n) is 6.18. The Morgan fingerprint density at radius 2 is 2.06 bits per heavy atom. The molecule has 1 heterocycles. The van der Waals surface area contributed by atoms with E-state index in [0.29, 0.717) is 4.88 Å². The molecule has 0 spiro atoms. The van der Waals surface area contributed by atoms with Crippen LogP contribution in [0.3, 0.4) is 0 Å². The number of carbonyl (C=O) groups excluding carboxylic acids is 1. The van der Waals surface area contributed by atoms with Crippen LogP contribution in [0.4, 0.5) is 0 Å². The van der Waals surface area contributed by atoms with E-state index in [2.05, 4.69) is 25.5 Å². The van der Waals surface area contributed by atoms with Crippen molar-refractivity contribution in [3.05, 3.63) is 10.6 Å². The molecule has 0 unspecified atom stereocenters.